The average molecular weight is 478 g/mol. The lowest BCUT2D eigenvalue weighted by molar-refractivity contribution is -0.139. The summed E-state index contributed by atoms with van der Waals surface area (Å²) in [5, 5.41) is 20.4. The zero-order valence-electron chi connectivity index (χ0n) is 21.3. The lowest BCUT2D eigenvalue weighted by Crippen LogP contribution is -2.09. The van der Waals surface area contributed by atoms with Crippen LogP contribution in [0.15, 0.2) is 43.0 Å². The van der Waals surface area contributed by atoms with Crippen LogP contribution in [0.25, 0.3) is 16.7 Å². The van der Waals surface area contributed by atoms with Crippen molar-refractivity contribution in [1.29, 1.82) is 0 Å². The molecule has 0 radical (unpaired) electrons. The highest BCUT2D eigenvalue weighted by atomic mass is 16.5. The Balaban J connectivity index is 1.71. The third-order valence-electron chi connectivity index (χ3n) is 6.53. The van der Waals surface area contributed by atoms with Gasteiger partial charge in [-0.25, -0.2) is 4.79 Å². The second-order valence-corrected chi connectivity index (χ2v) is 9.24. The number of aromatic nitrogens is 3. The lowest BCUT2D eigenvalue weighted by atomic mass is 9.95. The predicted molar refractivity (Wildman–Crippen MR) is 141 cm³/mol. The molecule has 0 aliphatic rings. The Kier molecular flexibility index (Phi) is 10.3. The molecule has 0 atom stereocenters. The number of fused-ring (bicyclic) bond motifs is 1. The molecule has 0 amide bonds. The van der Waals surface area contributed by atoms with E-state index in [-0.39, 0.29) is 12.4 Å². The van der Waals surface area contributed by atoms with Gasteiger partial charge in [0.15, 0.2) is 0 Å². The molecular weight excluding hydrogens is 438 g/mol. The van der Waals surface area contributed by atoms with Crippen LogP contribution < -0.4 is 0 Å². The number of aryl methyl sites for hydroxylation is 1. The highest BCUT2D eigenvalue weighted by Gasteiger charge is 2.19. The predicted octanol–water partition coefficient (Wildman–Crippen LogP) is 7.13. The Labute approximate surface area is 209 Å². The van der Waals surface area contributed by atoms with E-state index < -0.39 is 5.97 Å². The number of hydrogen-bond donors (Lipinski definition) is 1. The summed E-state index contributed by atoms with van der Waals surface area (Å²) in [6, 6.07) is 9.49. The number of aromatic hydroxyl groups is 1. The van der Waals surface area contributed by atoms with Crippen molar-refractivity contribution in [2.75, 3.05) is 0 Å². The average Bonchev–Trinajstić information content (AvgIpc) is 3.30. The molecule has 6 nitrogen and oxygen atoms in total. The molecule has 188 valence electrons. The van der Waals surface area contributed by atoms with E-state index in [2.05, 4.69) is 23.7 Å². The fourth-order valence-electron chi connectivity index (χ4n) is 4.48. The molecule has 0 saturated carbocycles. The van der Waals surface area contributed by atoms with Crippen LogP contribution in [0.5, 0.6) is 5.75 Å². The van der Waals surface area contributed by atoms with Gasteiger partial charge in [0.2, 0.25) is 0 Å². The van der Waals surface area contributed by atoms with Gasteiger partial charge in [0.1, 0.15) is 29.1 Å². The largest absolute Gasteiger partial charge is 0.505 e. The third-order valence-corrected chi connectivity index (χ3v) is 6.53. The van der Waals surface area contributed by atoms with Gasteiger partial charge in [-0.3, -0.25) is 0 Å². The van der Waals surface area contributed by atoms with Gasteiger partial charge >= 0.3 is 5.97 Å². The standard InChI is InChI=1S/C29H39N3O3/c1-4-6-7-8-9-10-11-12-13-14-17-23-24(21-35-28(33)5-2)22(3)20-27(29(23)34)32-30-25-18-15-16-19-26(25)31-32/h5,15-16,18-20,34H,2,4,6-14,17,21H2,1,3H3. The SMILES string of the molecule is C=CC(=O)OCc1c(C)cc(-n2nc3ccccc3n2)c(O)c1CCCCCCCCCCCC. The van der Waals surface area contributed by atoms with E-state index >= 15 is 0 Å². The number of rotatable bonds is 15. The molecule has 1 heterocycles. The van der Waals surface area contributed by atoms with Gasteiger partial charge in [-0.15, -0.1) is 15.0 Å². The Morgan fingerprint density at radius 1 is 0.971 bits per heavy atom. The molecule has 3 aromatic rings. The van der Waals surface area contributed by atoms with Gasteiger partial charge in [0, 0.05) is 11.6 Å². The van der Waals surface area contributed by atoms with Gasteiger partial charge in [-0.1, -0.05) is 83.4 Å². The zero-order valence-corrected chi connectivity index (χ0v) is 21.3. The lowest BCUT2D eigenvalue weighted by Gasteiger charge is -2.17. The van der Waals surface area contributed by atoms with Crippen LogP contribution in [-0.2, 0) is 22.6 Å². The number of phenolic OH excluding ortho intramolecular Hbond substituents is 1. The van der Waals surface area contributed by atoms with Gasteiger partial charge in [-0.05, 0) is 49.1 Å². The summed E-state index contributed by atoms with van der Waals surface area (Å²) >= 11 is 0. The van der Waals surface area contributed by atoms with E-state index in [4.69, 9.17) is 4.74 Å². The minimum atomic E-state index is -0.474. The van der Waals surface area contributed by atoms with Crippen LogP contribution in [0.2, 0.25) is 0 Å². The maximum atomic E-state index is 11.7. The first-order valence-corrected chi connectivity index (χ1v) is 13.0. The smallest absolute Gasteiger partial charge is 0.330 e. The van der Waals surface area contributed by atoms with Crippen molar-refractivity contribution in [3.8, 4) is 11.4 Å². The maximum absolute atomic E-state index is 11.7. The number of ether oxygens (including phenoxy) is 1. The van der Waals surface area contributed by atoms with Crippen molar-refractivity contribution in [1.82, 2.24) is 15.0 Å². The Morgan fingerprint density at radius 2 is 1.54 bits per heavy atom. The van der Waals surface area contributed by atoms with E-state index in [1.807, 2.05) is 37.3 Å². The van der Waals surface area contributed by atoms with Gasteiger partial charge in [-0.2, -0.15) is 0 Å². The molecule has 6 heteroatoms. The van der Waals surface area contributed by atoms with E-state index in [0.29, 0.717) is 12.1 Å². The van der Waals surface area contributed by atoms with Crippen molar-refractivity contribution < 1.29 is 14.6 Å². The molecule has 1 N–H and O–H groups in total. The van der Waals surface area contributed by atoms with E-state index in [0.717, 1.165) is 46.6 Å². The zero-order chi connectivity index (χ0) is 25.0. The summed E-state index contributed by atoms with van der Waals surface area (Å²) in [6.07, 6.45) is 14.3. The molecule has 1 aromatic heterocycles. The Hall–Kier alpha value is -3.15. The highest BCUT2D eigenvalue weighted by molar-refractivity contribution is 5.81. The minimum Gasteiger partial charge on any atom is -0.505 e. The maximum Gasteiger partial charge on any atom is 0.330 e. The molecule has 0 fully saturated rings. The number of unbranched alkanes of at least 4 members (excludes halogenated alkanes) is 9. The highest BCUT2D eigenvalue weighted by Crippen LogP contribution is 2.34. The van der Waals surface area contributed by atoms with Crippen LogP contribution in [-0.4, -0.2) is 26.1 Å². The van der Waals surface area contributed by atoms with E-state index in [1.54, 1.807) is 0 Å². The van der Waals surface area contributed by atoms with E-state index in [9.17, 15) is 9.90 Å². The number of carbonyl (C=O) groups excluding carboxylic acids is 1. The number of nitrogens with zero attached hydrogens (tertiary/aromatic N) is 3. The first-order chi connectivity index (χ1) is 17.0. The van der Waals surface area contributed by atoms with Gasteiger partial charge in [0.25, 0.3) is 0 Å². The summed E-state index contributed by atoms with van der Waals surface area (Å²) in [7, 11) is 0. The van der Waals surface area contributed by atoms with Crippen molar-refractivity contribution in [2.45, 2.75) is 91.1 Å². The molecule has 0 unspecified atom stereocenters. The fourth-order valence-corrected chi connectivity index (χ4v) is 4.48. The fraction of sp³-hybridized carbons (Fsp3) is 0.483. The number of benzene rings is 2. The summed E-state index contributed by atoms with van der Waals surface area (Å²) in [4.78, 5) is 13.2. The quantitative estimate of drug-likeness (QED) is 0.143. The summed E-state index contributed by atoms with van der Waals surface area (Å²) in [6.45, 7) is 7.79. The van der Waals surface area contributed by atoms with Crippen molar-refractivity contribution in [3.63, 3.8) is 0 Å². The number of carbonyl (C=O) groups is 1. The topological polar surface area (TPSA) is 77.2 Å². The molecule has 0 aliphatic carbocycles. The molecule has 35 heavy (non-hydrogen) atoms. The summed E-state index contributed by atoms with van der Waals surface area (Å²) in [5.41, 5.74) is 4.65. The number of phenols is 1. The third kappa shape index (κ3) is 7.41. The Bertz CT molecular complexity index is 1090. The van der Waals surface area contributed by atoms with Crippen molar-refractivity contribution >= 4 is 17.0 Å². The van der Waals surface area contributed by atoms with Gasteiger partial charge in [0.05, 0.1) is 0 Å². The second kappa shape index (κ2) is 13.7. The monoisotopic (exact) mass is 477 g/mol. The molecule has 3 rings (SSSR count). The molecule has 0 aliphatic heterocycles. The minimum absolute atomic E-state index is 0.103. The van der Waals surface area contributed by atoms with Gasteiger partial charge < -0.3 is 9.84 Å². The molecule has 0 saturated heterocycles. The molecule has 0 spiro atoms. The molecule has 0 bridgehead atoms. The summed E-state index contributed by atoms with van der Waals surface area (Å²) in [5.74, 6) is -0.325. The second-order valence-electron chi connectivity index (χ2n) is 9.24. The van der Waals surface area contributed by atoms with Crippen molar-refractivity contribution in [2.24, 2.45) is 0 Å². The number of hydrogen-bond acceptors (Lipinski definition) is 5. The Morgan fingerprint density at radius 3 is 2.11 bits per heavy atom. The summed E-state index contributed by atoms with van der Waals surface area (Å²) < 4.78 is 5.34. The van der Waals surface area contributed by atoms with Crippen LogP contribution in [0.4, 0.5) is 0 Å². The van der Waals surface area contributed by atoms with Crippen LogP contribution in [0.3, 0.4) is 0 Å². The molecular formula is C29H39N3O3. The van der Waals surface area contributed by atoms with E-state index in [1.165, 1.54) is 56.2 Å². The van der Waals surface area contributed by atoms with Crippen LogP contribution >= 0.6 is 0 Å². The first-order valence-electron chi connectivity index (χ1n) is 13.0. The van der Waals surface area contributed by atoms with Crippen molar-refractivity contribution in [3.05, 3.63) is 59.7 Å². The number of esters is 1. The normalized spacial score (nSPS) is 11.1. The van der Waals surface area contributed by atoms with Crippen LogP contribution in [0.1, 0.15) is 87.8 Å². The van der Waals surface area contributed by atoms with Crippen LogP contribution in [0, 0.1) is 6.92 Å². The molecule has 2 aromatic carbocycles. The first kappa shape index (κ1) is 26.5.